The van der Waals surface area contributed by atoms with Gasteiger partial charge in [-0.3, -0.25) is 4.90 Å². The highest BCUT2D eigenvalue weighted by Gasteiger charge is 2.27. The second-order valence-electron chi connectivity index (χ2n) is 5.39. The maximum absolute atomic E-state index is 3.52. The van der Waals surface area contributed by atoms with Crippen molar-refractivity contribution in [2.45, 2.75) is 43.9 Å². The van der Waals surface area contributed by atoms with E-state index < -0.39 is 0 Å². The molecule has 0 amide bonds. The quantitative estimate of drug-likeness (QED) is 0.738. The predicted octanol–water partition coefficient (Wildman–Crippen LogP) is 1.96. The second-order valence-corrected chi connectivity index (χ2v) is 7.20. The third kappa shape index (κ3) is 3.36. The molecule has 2 aliphatic heterocycles. The van der Waals surface area contributed by atoms with Gasteiger partial charge in [-0.1, -0.05) is 13.8 Å². The van der Waals surface area contributed by atoms with Crippen LogP contribution in [0.2, 0.25) is 0 Å². The van der Waals surface area contributed by atoms with E-state index in [9.17, 15) is 0 Å². The number of rotatable bonds is 1. The van der Waals surface area contributed by atoms with Crippen molar-refractivity contribution in [1.29, 1.82) is 0 Å². The molecule has 0 aromatic carbocycles. The third-order valence-electron chi connectivity index (χ3n) is 3.66. The second kappa shape index (κ2) is 5.07. The van der Waals surface area contributed by atoms with Gasteiger partial charge in [0.05, 0.1) is 0 Å². The third-order valence-corrected chi connectivity index (χ3v) is 5.03. The smallest absolute Gasteiger partial charge is 0.0221 e. The van der Waals surface area contributed by atoms with Crippen molar-refractivity contribution in [2.75, 3.05) is 31.9 Å². The number of hydrogen-bond acceptors (Lipinski definition) is 3. The fourth-order valence-corrected chi connectivity index (χ4v) is 3.66. The Morgan fingerprint density at radius 3 is 2.93 bits per heavy atom. The van der Waals surface area contributed by atoms with Crippen LogP contribution in [0, 0.1) is 0 Å². The van der Waals surface area contributed by atoms with Crippen LogP contribution in [0.4, 0.5) is 0 Å². The molecule has 2 nitrogen and oxygen atoms in total. The Morgan fingerprint density at radius 1 is 1.33 bits per heavy atom. The maximum atomic E-state index is 3.52. The summed E-state index contributed by atoms with van der Waals surface area (Å²) in [5, 5.41) is 3.52. The highest BCUT2D eigenvalue weighted by molar-refractivity contribution is 8.00. The molecule has 1 unspecified atom stereocenters. The summed E-state index contributed by atoms with van der Waals surface area (Å²) in [7, 11) is 0. The van der Waals surface area contributed by atoms with Crippen LogP contribution in [-0.2, 0) is 0 Å². The van der Waals surface area contributed by atoms with Crippen LogP contribution in [0.15, 0.2) is 0 Å². The van der Waals surface area contributed by atoms with E-state index in [1.54, 1.807) is 0 Å². The van der Waals surface area contributed by atoms with E-state index in [0.717, 1.165) is 6.04 Å². The Kier molecular flexibility index (Phi) is 3.97. The number of nitrogens with zero attached hydrogens (tertiary/aromatic N) is 1. The molecule has 0 spiro atoms. The van der Waals surface area contributed by atoms with E-state index in [-0.39, 0.29) is 0 Å². The fourth-order valence-electron chi connectivity index (χ4n) is 2.55. The first-order valence-corrected chi connectivity index (χ1v) is 7.25. The summed E-state index contributed by atoms with van der Waals surface area (Å²) in [6.45, 7) is 9.81. The molecule has 15 heavy (non-hydrogen) atoms. The Labute approximate surface area is 98.2 Å². The Bertz CT molecular complexity index is 200. The molecule has 3 heteroatoms. The molecule has 88 valence electrons. The Morgan fingerprint density at radius 2 is 2.20 bits per heavy atom. The molecule has 2 rings (SSSR count). The minimum Gasteiger partial charge on any atom is -0.315 e. The lowest BCUT2D eigenvalue weighted by Crippen LogP contribution is -2.46. The summed E-state index contributed by atoms with van der Waals surface area (Å²) in [6.07, 6.45) is 4.10. The lowest BCUT2D eigenvalue weighted by molar-refractivity contribution is 0.173. The number of hydrogen-bond donors (Lipinski definition) is 1. The van der Waals surface area contributed by atoms with Crippen LogP contribution in [-0.4, -0.2) is 47.6 Å². The van der Waals surface area contributed by atoms with Gasteiger partial charge in [-0.15, -0.1) is 0 Å². The Balaban J connectivity index is 1.87. The van der Waals surface area contributed by atoms with Gasteiger partial charge in [0.1, 0.15) is 0 Å². The normalized spacial score (nSPS) is 33.6. The molecule has 0 aliphatic carbocycles. The minimum absolute atomic E-state index is 0.497. The van der Waals surface area contributed by atoms with E-state index in [0.29, 0.717) is 4.75 Å². The van der Waals surface area contributed by atoms with E-state index in [1.807, 2.05) is 0 Å². The minimum atomic E-state index is 0.497. The molecular formula is C12H24N2S. The van der Waals surface area contributed by atoms with Gasteiger partial charge in [0.2, 0.25) is 0 Å². The van der Waals surface area contributed by atoms with Gasteiger partial charge in [-0.05, 0) is 32.4 Å². The number of thioether (sulfide) groups is 1. The van der Waals surface area contributed by atoms with Crippen molar-refractivity contribution in [3.8, 4) is 0 Å². The van der Waals surface area contributed by atoms with E-state index in [4.69, 9.17) is 0 Å². The molecule has 2 heterocycles. The SMILES string of the molecule is CC1(C)CCN(C2CCCNC2)CCS1. The van der Waals surface area contributed by atoms with Crippen LogP contribution in [0.1, 0.15) is 33.1 Å². The lowest BCUT2D eigenvalue weighted by Gasteiger charge is -2.34. The van der Waals surface area contributed by atoms with Crippen molar-refractivity contribution in [3.05, 3.63) is 0 Å². The largest absolute Gasteiger partial charge is 0.315 e. The van der Waals surface area contributed by atoms with Crippen LogP contribution < -0.4 is 5.32 Å². The standard InChI is InChI=1S/C12H24N2S/c1-12(2)5-7-14(8-9-15-12)11-4-3-6-13-10-11/h11,13H,3-10H2,1-2H3. The van der Waals surface area contributed by atoms with Crippen LogP contribution in [0.5, 0.6) is 0 Å². The molecule has 0 aromatic rings. The monoisotopic (exact) mass is 228 g/mol. The van der Waals surface area contributed by atoms with Gasteiger partial charge >= 0.3 is 0 Å². The van der Waals surface area contributed by atoms with E-state index in [1.165, 1.54) is 51.2 Å². The highest BCUT2D eigenvalue weighted by Crippen LogP contribution is 2.31. The zero-order valence-corrected chi connectivity index (χ0v) is 10.9. The van der Waals surface area contributed by atoms with Crippen LogP contribution >= 0.6 is 11.8 Å². The van der Waals surface area contributed by atoms with Crippen molar-refractivity contribution in [3.63, 3.8) is 0 Å². The number of nitrogens with one attached hydrogen (secondary N) is 1. The van der Waals surface area contributed by atoms with Crippen molar-refractivity contribution in [1.82, 2.24) is 10.2 Å². The summed E-state index contributed by atoms with van der Waals surface area (Å²) in [5.74, 6) is 1.31. The first-order chi connectivity index (χ1) is 7.17. The Hall–Kier alpha value is 0.270. The van der Waals surface area contributed by atoms with Crippen LogP contribution in [0.3, 0.4) is 0 Å². The van der Waals surface area contributed by atoms with Crippen molar-refractivity contribution < 1.29 is 0 Å². The molecule has 2 aliphatic rings. The van der Waals surface area contributed by atoms with Gasteiger partial charge in [0.15, 0.2) is 0 Å². The lowest BCUT2D eigenvalue weighted by atomic mass is 10.0. The highest BCUT2D eigenvalue weighted by atomic mass is 32.2. The van der Waals surface area contributed by atoms with Crippen molar-refractivity contribution in [2.24, 2.45) is 0 Å². The molecule has 0 bridgehead atoms. The summed E-state index contributed by atoms with van der Waals surface area (Å²) < 4.78 is 0.497. The molecule has 0 radical (unpaired) electrons. The van der Waals surface area contributed by atoms with Gasteiger partial charge < -0.3 is 5.32 Å². The van der Waals surface area contributed by atoms with E-state index in [2.05, 4.69) is 35.8 Å². The number of piperidine rings is 1. The van der Waals surface area contributed by atoms with E-state index >= 15 is 0 Å². The summed E-state index contributed by atoms with van der Waals surface area (Å²) in [5.41, 5.74) is 0. The summed E-state index contributed by atoms with van der Waals surface area (Å²) in [6, 6.07) is 0.813. The average molecular weight is 228 g/mol. The molecule has 1 atom stereocenters. The van der Waals surface area contributed by atoms with Gasteiger partial charge in [-0.2, -0.15) is 11.8 Å². The molecule has 1 N–H and O–H groups in total. The predicted molar refractivity (Wildman–Crippen MR) is 68.6 cm³/mol. The molecular weight excluding hydrogens is 204 g/mol. The molecule has 2 saturated heterocycles. The molecule has 0 aromatic heterocycles. The average Bonchev–Trinajstić information content (AvgIpc) is 2.41. The maximum Gasteiger partial charge on any atom is 0.0221 e. The molecule has 2 fully saturated rings. The van der Waals surface area contributed by atoms with Gasteiger partial charge in [0.25, 0.3) is 0 Å². The first-order valence-electron chi connectivity index (χ1n) is 6.26. The topological polar surface area (TPSA) is 15.3 Å². The van der Waals surface area contributed by atoms with Crippen LogP contribution in [0.25, 0.3) is 0 Å². The zero-order valence-electron chi connectivity index (χ0n) is 10.1. The van der Waals surface area contributed by atoms with Gasteiger partial charge in [-0.25, -0.2) is 0 Å². The molecule has 0 saturated carbocycles. The first kappa shape index (κ1) is 11.7. The summed E-state index contributed by atoms with van der Waals surface area (Å²) in [4.78, 5) is 2.72. The fraction of sp³-hybridized carbons (Fsp3) is 1.00. The van der Waals surface area contributed by atoms with Crippen molar-refractivity contribution >= 4 is 11.8 Å². The zero-order chi connectivity index (χ0) is 10.7. The van der Waals surface area contributed by atoms with Gasteiger partial charge in [0, 0.05) is 29.6 Å². The summed E-state index contributed by atoms with van der Waals surface area (Å²) >= 11 is 2.15.